The van der Waals surface area contributed by atoms with E-state index < -0.39 is 29.3 Å². The standard InChI is InChI=1S/C12H16F3N.C2H6/c1-7(2)12(14,15)10-6-4-5-9(8(3)16)11(10)13;1-2/h4-8H,16H2,1-3H3;1-2H3/t8-;/m1./s1. The summed E-state index contributed by atoms with van der Waals surface area (Å²) in [5.74, 6) is -5.02. The second kappa shape index (κ2) is 6.78. The van der Waals surface area contributed by atoms with Crippen LogP contribution in [0.3, 0.4) is 0 Å². The van der Waals surface area contributed by atoms with Crippen LogP contribution < -0.4 is 5.73 Å². The first-order valence-corrected chi connectivity index (χ1v) is 6.20. The zero-order chi connectivity index (χ0) is 14.5. The highest BCUT2D eigenvalue weighted by atomic mass is 19.3. The van der Waals surface area contributed by atoms with Gasteiger partial charge >= 0.3 is 0 Å². The van der Waals surface area contributed by atoms with Crippen LogP contribution in [0, 0.1) is 11.7 Å². The fourth-order valence-electron chi connectivity index (χ4n) is 1.47. The van der Waals surface area contributed by atoms with Crippen molar-refractivity contribution in [2.75, 3.05) is 0 Å². The Bertz CT molecular complexity index is 373. The molecular formula is C14H22F3N. The number of hydrogen-bond donors (Lipinski definition) is 1. The molecule has 4 heteroatoms. The van der Waals surface area contributed by atoms with E-state index in [4.69, 9.17) is 5.73 Å². The van der Waals surface area contributed by atoms with Crippen LogP contribution in [0.25, 0.3) is 0 Å². The van der Waals surface area contributed by atoms with Gasteiger partial charge in [-0.3, -0.25) is 0 Å². The average molecular weight is 261 g/mol. The van der Waals surface area contributed by atoms with Gasteiger partial charge in [0.2, 0.25) is 0 Å². The molecule has 1 nitrogen and oxygen atoms in total. The Morgan fingerprint density at radius 2 is 1.61 bits per heavy atom. The summed E-state index contributed by atoms with van der Waals surface area (Å²) >= 11 is 0. The van der Waals surface area contributed by atoms with Crippen molar-refractivity contribution in [3.8, 4) is 0 Å². The molecule has 0 amide bonds. The molecule has 0 aliphatic rings. The van der Waals surface area contributed by atoms with Crippen LogP contribution >= 0.6 is 0 Å². The van der Waals surface area contributed by atoms with Crippen molar-refractivity contribution < 1.29 is 13.2 Å². The predicted molar refractivity (Wildman–Crippen MR) is 69.1 cm³/mol. The number of halogens is 3. The molecule has 0 spiro atoms. The molecule has 1 atom stereocenters. The molecule has 0 saturated heterocycles. The third-order valence-corrected chi connectivity index (χ3v) is 2.60. The van der Waals surface area contributed by atoms with Gasteiger partial charge in [-0.25, -0.2) is 13.2 Å². The average Bonchev–Trinajstić information content (AvgIpc) is 2.31. The topological polar surface area (TPSA) is 26.0 Å². The van der Waals surface area contributed by atoms with Gasteiger partial charge in [0.05, 0.1) is 5.56 Å². The molecule has 2 N–H and O–H groups in total. The fourth-order valence-corrected chi connectivity index (χ4v) is 1.47. The molecule has 1 aromatic carbocycles. The van der Waals surface area contributed by atoms with Gasteiger partial charge in [0.15, 0.2) is 0 Å². The molecule has 0 aromatic heterocycles. The van der Waals surface area contributed by atoms with Crippen LogP contribution in [0.4, 0.5) is 13.2 Å². The summed E-state index contributed by atoms with van der Waals surface area (Å²) < 4.78 is 41.2. The Morgan fingerprint density at radius 3 is 2.00 bits per heavy atom. The lowest BCUT2D eigenvalue weighted by Gasteiger charge is -2.22. The molecular weight excluding hydrogens is 239 g/mol. The minimum absolute atomic E-state index is 0.123. The van der Waals surface area contributed by atoms with Crippen LogP contribution in [-0.2, 0) is 5.92 Å². The molecule has 1 aromatic rings. The molecule has 18 heavy (non-hydrogen) atoms. The van der Waals surface area contributed by atoms with Gasteiger partial charge in [0.1, 0.15) is 5.82 Å². The van der Waals surface area contributed by atoms with Crippen molar-refractivity contribution >= 4 is 0 Å². The minimum Gasteiger partial charge on any atom is -0.324 e. The highest BCUT2D eigenvalue weighted by Gasteiger charge is 2.38. The van der Waals surface area contributed by atoms with E-state index in [9.17, 15) is 13.2 Å². The van der Waals surface area contributed by atoms with E-state index >= 15 is 0 Å². The molecule has 0 unspecified atom stereocenters. The third-order valence-electron chi connectivity index (χ3n) is 2.60. The maximum atomic E-state index is 13.8. The number of alkyl halides is 2. The maximum absolute atomic E-state index is 13.8. The molecule has 1 rings (SSSR count). The van der Waals surface area contributed by atoms with Crippen molar-refractivity contribution in [1.82, 2.24) is 0 Å². The van der Waals surface area contributed by atoms with E-state index in [1.165, 1.54) is 26.0 Å². The maximum Gasteiger partial charge on any atom is 0.278 e. The Morgan fingerprint density at radius 1 is 1.11 bits per heavy atom. The normalized spacial score (nSPS) is 13.0. The Labute approximate surface area is 107 Å². The summed E-state index contributed by atoms with van der Waals surface area (Å²) in [5.41, 5.74) is 5.07. The van der Waals surface area contributed by atoms with Crippen molar-refractivity contribution in [2.24, 2.45) is 11.7 Å². The van der Waals surface area contributed by atoms with E-state index in [0.29, 0.717) is 0 Å². The highest BCUT2D eigenvalue weighted by molar-refractivity contribution is 5.31. The van der Waals surface area contributed by atoms with Crippen molar-refractivity contribution in [1.29, 1.82) is 0 Å². The van der Waals surface area contributed by atoms with Crippen LogP contribution in [0.5, 0.6) is 0 Å². The summed E-state index contributed by atoms with van der Waals surface area (Å²) in [5, 5.41) is 0. The van der Waals surface area contributed by atoms with Crippen molar-refractivity contribution in [3.63, 3.8) is 0 Å². The Balaban J connectivity index is 0.00000137. The zero-order valence-electron chi connectivity index (χ0n) is 11.6. The summed E-state index contributed by atoms with van der Waals surface area (Å²) in [6, 6.07) is 3.36. The summed E-state index contributed by atoms with van der Waals surface area (Å²) in [4.78, 5) is 0. The minimum atomic E-state index is -3.17. The smallest absolute Gasteiger partial charge is 0.278 e. The van der Waals surface area contributed by atoms with Crippen molar-refractivity contribution in [3.05, 3.63) is 35.1 Å². The summed E-state index contributed by atoms with van der Waals surface area (Å²) in [7, 11) is 0. The monoisotopic (exact) mass is 261 g/mol. The SMILES string of the molecule is CC.CC(C)C(F)(F)c1cccc([C@@H](C)N)c1F. The molecule has 0 saturated carbocycles. The lowest BCUT2D eigenvalue weighted by Crippen LogP contribution is -2.23. The predicted octanol–water partition coefficient (Wildman–Crippen LogP) is 4.62. The Hall–Kier alpha value is -1.03. The van der Waals surface area contributed by atoms with Gasteiger partial charge in [-0.2, -0.15) is 0 Å². The first kappa shape index (κ1) is 17.0. The third kappa shape index (κ3) is 3.48. The van der Waals surface area contributed by atoms with E-state index in [-0.39, 0.29) is 5.56 Å². The van der Waals surface area contributed by atoms with E-state index in [0.717, 1.165) is 6.07 Å². The summed E-state index contributed by atoms with van der Waals surface area (Å²) in [6.45, 7) is 8.28. The second-order valence-electron chi connectivity index (χ2n) is 4.28. The first-order chi connectivity index (χ1) is 8.28. The summed E-state index contributed by atoms with van der Waals surface area (Å²) in [6.07, 6.45) is 0. The van der Waals surface area contributed by atoms with Crippen LogP contribution in [-0.4, -0.2) is 0 Å². The zero-order valence-corrected chi connectivity index (χ0v) is 11.6. The van der Waals surface area contributed by atoms with Gasteiger partial charge in [0.25, 0.3) is 5.92 Å². The molecule has 0 aliphatic carbocycles. The largest absolute Gasteiger partial charge is 0.324 e. The fraction of sp³-hybridized carbons (Fsp3) is 0.571. The number of rotatable bonds is 3. The molecule has 0 heterocycles. The Kier molecular flexibility index (Phi) is 6.39. The van der Waals surface area contributed by atoms with E-state index in [1.54, 1.807) is 6.92 Å². The molecule has 0 bridgehead atoms. The molecule has 0 aliphatic heterocycles. The molecule has 0 fully saturated rings. The van der Waals surface area contributed by atoms with E-state index in [1.807, 2.05) is 13.8 Å². The lowest BCUT2D eigenvalue weighted by atomic mass is 9.94. The quantitative estimate of drug-likeness (QED) is 0.844. The van der Waals surface area contributed by atoms with Crippen LogP contribution in [0.2, 0.25) is 0 Å². The van der Waals surface area contributed by atoms with Gasteiger partial charge in [-0.05, 0) is 6.92 Å². The second-order valence-corrected chi connectivity index (χ2v) is 4.28. The first-order valence-electron chi connectivity index (χ1n) is 6.20. The molecule has 104 valence electrons. The number of benzene rings is 1. The van der Waals surface area contributed by atoms with Gasteiger partial charge in [-0.1, -0.05) is 45.9 Å². The highest BCUT2D eigenvalue weighted by Crippen LogP contribution is 2.38. The van der Waals surface area contributed by atoms with Gasteiger partial charge in [-0.15, -0.1) is 0 Å². The lowest BCUT2D eigenvalue weighted by molar-refractivity contribution is -0.0545. The van der Waals surface area contributed by atoms with Gasteiger partial charge in [0, 0.05) is 17.5 Å². The van der Waals surface area contributed by atoms with Crippen LogP contribution in [0.1, 0.15) is 51.8 Å². The van der Waals surface area contributed by atoms with Gasteiger partial charge < -0.3 is 5.73 Å². The number of nitrogens with two attached hydrogens (primary N) is 1. The van der Waals surface area contributed by atoms with Crippen LogP contribution in [0.15, 0.2) is 18.2 Å². The van der Waals surface area contributed by atoms with Crippen molar-refractivity contribution in [2.45, 2.75) is 46.6 Å². The van der Waals surface area contributed by atoms with E-state index in [2.05, 4.69) is 0 Å². The number of hydrogen-bond acceptors (Lipinski definition) is 1. The molecule has 0 radical (unpaired) electrons.